The van der Waals surface area contributed by atoms with Crippen molar-refractivity contribution in [2.24, 2.45) is 0 Å². The molecule has 1 atom stereocenters. The van der Waals surface area contributed by atoms with E-state index in [2.05, 4.69) is 36.6 Å². The van der Waals surface area contributed by atoms with Crippen LogP contribution in [0.5, 0.6) is 17.2 Å². The van der Waals surface area contributed by atoms with E-state index in [0.29, 0.717) is 5.02 Å². The highest BCUT2D eigenvalue weighted by atomic mass is 35.5. The van der Waals surface area contributed by atoms with E-state index in [1.807, 2.05) is 54.6 Å². The molecular weight excluding hydrogens is 448 g/mol. The van der Waals surface area contributed by atoms with Crippen molar-refractivity contribution in [3.05, 3.63) is 82.9 Å². The number of hydrogen-bond donors (Lipinski definition) is 2. The lowest BCUT2D eigenvalue weighted by molar-refractivity contribution is 0.393. The average molecular weight is 479 g/mol. The molecule has 0 amide bonds. The smallest absolute Gasteiger partial charge is 0.132 e. The summed E-state index contributed by atoms with van der Waals surface area (Å²) in [5.74, 6) is 2.35. The molecule has 3 aromatic rings. The minimum Gasteiger partial charge on any atom is -0.497 e. The van der Waals surface area contributed by atoms with Crippen molar-refractivity contribution in [3.8, 4) is 17.2 Å². The number of nitrogens with one attached hydrogen (secondary N) is 2. The van der Waals surface area contributed by atoms with Crippen molar-refractivity contribution in [2.45, 2.75) is 31.8 Å². The van der Waals surface area contributed by atoms with Gasteiger partial charge in [-0.1, -0.05) is 29.8 Å². The van der Waals surface area contributed by atoms with Crippen molar-refractivity contribution in [2.75, 3.05) is 32.0 Å². The Morgan fingerprint density at radius 1 is 0.912 bits per heavy atom. The highest BCUT2D eigenvalue weighted by Crippen LogP contribution is 2.46. The minimum absolute atomic E-state index is 0.0214. The van der Waals surface area contributed by atoms with Gasteiger partial charge < -0.3 is 24.8 Å². The number of fused-ring (bicyclic) bond motifs is 1. The third kappa shape index (κ3) is 5.26. The highest BCUT2D eigenvalue weighted by Gasteiger charge is 2.29. The molecule has 0 radical (unpaired) electrons. The molecule has 178 valence electrons. The van der Waals surface area contributed by atoms with Gasteiger partial charge in [0.1, 0.15) is 17.2 Å². The predicted octanol–water partition coefficient (Wildman–Crippen LogP) is 7.20. The molecule has 1 unspecified atom stereocenters. The van der Waals surface area contributed by atoms with Gasteiger partial charge in [0.25, 0.3) is 0 Å². The Morgan fingerprint density at radius 2 is 1.65 bits per heavy atom. The maximum absolute atomic E-state index is 6.38. The summed E-state index contributed by atoms with van der Waals surface area (Å²) in [6.07, 6.45) is 3.00. The van der Waals surface area contributed by atoms with Gasteiger partial charge in [-0.05, 0) is 67.8 Å². The number of rotatable bonds is 8. The van der Waals surface area contributed by atoms with Crippen molar-refractivity contribution in [1.29, 1.82) is 0 Å². The molecule has 0 bridgehead atoms. The molecule has 5 nitrogen and oxygen atoms in total. The fraction of sp³-hybridized carbons (Fsp3) is 0.286. The standard InChI is InChI=1S/C28H31ClN2O3/c1-28(2)17-19(27-25(31-28)15-23(33-4)16-26(27)34-5)14-24(18-7-6-8-20(29)13-18)30-21-9-11-22(32-3)12-10-21/h6-13,15-17,24,30-31H,14H2,1-5H3. The Kier molecular flexibility index (Phi) is 6.94. The molecule has 3 aromatic carbocycles. The third-order valence-electron chi connectivity index (χ3n) is 5.95. The second kappa shape index (κ2) is 9.90. The summed E-state index contributed by atoms with van der Waals surface area (Å²) in [5, 5.41) is 8.02. The molecule has 0 saturated heterocycles. The second-order valence-electron chi connectivity index (χ2n) is 8.95. The summed E-state index contributed by atoms with van der Waals surface area (Å²) in [6.45, 7) is 4.32. The van der Waals surface area contributed by atoms with Crippen LogP contribution >= 0.6 is 11.6 Å². The van der Waals surface area contributed by atoms with Gasteiger partial charge >= 0.3 is 0 Å². The van der Waals surface area contributed by atoms with E-state index < -0.39 is 0 Å². The van der Waals surface area contributed by atoms with Gasteiger partial charge in [-0.25, -0.2) is 0 Å². The van der Waals surface area contributed by atoms with Crippen LogP contribution in [0.2, 0.25) is 5.02 Å². The van der Waals surface area contributed by atoms with Crippen molar-refractivity contribution in [3.63, 3.8) is 0 Å². The SMILES string of the molecule is COc1ccc(NC(CC2=CC(C)(C)Nc3cc(OC)cc(OC)c32)c2cccc(Cl)c2)cc1. The first-order valence-electron chi connectivity index (χ1n) is 11.2. The summed E-state index contributed by atoms with van der Waals surface area (Å²) in [7, 11) is 5.03. The van der Waals surface area contributed by atoms with Crippen LogP contribution in [0.15, 0.2) is 66.7 Å². The molecule has 4 rings (SSSR count). The van der Waals surface area contributed by atoms with Crippen LogP contribution in [0.3, 0.4) is 0 Å². The molecule has 0 aromatic heterocycles. The van der Waals surface area contributed by atoms with E-state index in [1.54, 1.807) is 21.3 Å². The lowest BCUT2D eigenvalue weighted by atomic mass is 9.85. The Morgan fingerprint density at radius 3 is 2.29 bits per heavy atom. The molecule has 1 aliphatic heterocycles. The summed E-state index contributed by atoms with van der Waals surface area (Å²) < 4.78 is 16.6. The quantitative estimate of drug-likeness (QED) is 0.358. The first-order valence-corrected chi connectivity index (χ1v) is 11.6. The van der Waals surface area contributed by atoms with Crippen LogP contribution in [-0.2, 0) is 0 Å². The Bertz CT molecular complexity index is 1190. The van der Waals surface area contributed by atoms with Gasteiger partial charge in [0.05, 0.1) is 32.9 Å². The zero-order valence-corrected chi connectivity index (χ0v) is 21.0. The normalized spacial score (nSPS) is 14.8. The molecule has 1 aliphatic rings. The van der Waals surface area contributed by atoms with Gasteiger partial charge in [-0.2, -0.15) is 0 Å². The Labute approximate surface area is 206 Å². The molecule has 0 spiro atoms. The summed E-state index contributed by atoms with van der Waals surface area (Å²) in [6, 6.07) is 19.9. The molecule has 0 aliphatic carbocycles. The van der Waals surface area contributed by atoms with E-state index in [1.165, 1.54) is 5.57 Å². The topological polar surface area (TPSA) is 51.8 Å². The molecular formula is C28H31ClN2O3. The maximum Gasteiger partial charge on any atom is 0.132 e. The van der Waals surface area contributed by atoms with E-state index in [9.17, 15) is 0 Å². The average Bonchev–Trinajstić information content (AvgIpc) is 2.82. The summed E-state index contributed by atoms with van der Waals surface area (Å²) >= 11 is 6.38. The van der Waals surface area contributed by atoms with Gasteiger partial charge in [-0.15, -0.1) is 0 Å². The molecule has 0 fully saturated rings. The molecule has 0 saturated carbocycles. The van der Waals surface area contributed by atoms with E-state index in [-0.39, 0.29) is 11.6 Å². The highest BCUT2D eigenvalue weighted by molar-refractivity contribution is 6.30. The summed E-state index contributed by atoms with van der Waals surface area (Å²) in [4.78, 5) is 0. The first-order chi connectivity index (χ1) is 16.3. The fourth-order valence-electron chi connectivity index (χ4n) is 4.43. The van der Waals surface area contributed by atoms with Crippen LogP contribution in [0.25, 0.3) is 5.57 Å². The molecule has 34 heavy (non-hydrogen) atoms. The number of halogens is 1. The lowest BCUT2D eigenvalue weighted by Gasteiger charge is -2.35. The first kappa shape index (κ1) is 23.8. The van der Waals surface area contributed by atoms with Crippen LogP contribution < -0.4 is 24.8 Å². The fourth-order valence-corrected chi connectivity index (χ4v) is 4.63. The van der Waals surface area contributed by atoms with Crippen LogP contribution in [-0.4, -0.2) is 26.9 Å². The summed E-state index contributed by atoms with van der Waals surface area (Å²) in [5.41, 5.74) is 5.10. The molecule has 1 heterocycles. The minimum atomic E-state index is -0.237. The van der Waals surface area contributed by atoms with Crippen LogP contribution in [0.4, 0.5) is 11.4 Å². The number of benzene rings is 3. The second-order valence-corrected chi connectivity index (χ2v) is 9.39. The number of ether oxygens (including phenoxy) is 3. The van der Waals surface area contributed by atoms with Gasteiger partial charge in [-0.3, -0.25) is 0 Å². The zero-order valence-electron chi connectivity index (χ0n) is 20.2. The molecule has 6 heteroatoms. The number of methoxy groups -OCH3 is 3. The van der Waals surface area contributed by atoms with Crippen molar-refractivity contribution < 1.29 is 14.2 Å². The number of hydrogen-bond acceptors (Lipinski definition) is 5. The molecule has 2 N–H and O–H groups in total. The monoisotopic (exact) mass is 478 g/mol. The van der Waals surface area contributed by atoms with E-state index in [0.717, 1.165) is 46.2 Å². The Hall–Kier alpha value is -3.31. The Balaban J connectivity index is 1.76. The predicted molar refractivity (Wildman–Crippen MR) is 141 cm³/mol. The van der Waals surface area contributed by atoms with E-state index in [4.69, 9.17) is 25.8 Å². The number of anilines is 2. The largest absolute Gasteiger partial charge is 0.497 e. The zero-order chi connectivity index (χ0) is 24.3. The lowest BCUT2D eigenvalue weighted by Crippen LogP contribution is -2.32. The van der Waals surface area contributed by atoms with Crippen LogP contribution in [0, 0.1) is 0 Å². The van der Waals surface area contributed by atoms with Crippen LogP contribution in [0.1, 0.15) is 37.4 Å². The van der Waals surface area contributed by atoms with Gasteiger partial charge in [0.2, 0.25) is 0 Å². The third-order valence-corrected chi connectivity index (χ3v) is 6.19. The van der Waals surface area contributed by atoms with Gasteiger partial charge in [0.15, 0.2) is 0 Å². The van der Waals surface area contributed by atoms with E-state index >= 15 is 0 Å². The van der Waals surface area contributed by atoms with Crippen molar-refractivity contribution >= 4 is 28.5 Å². The van der Waals surface area contributed by atoms with Crippen molar-refractivity contribution in [1.82, 2.24) is 0 Å². The van der Waals surface area contributed by atoms with Gasteiger partial charge in [0, 0.05) is 34.1 Å². The maximum atomic E-state index is 6.38.